The maximum atomic E-state index is 12.9. The van der Waals surface area contributed by atoms with Gasteiger partial charge in [-0.05, 0) is 70.3 Å². The standard InChI is InChI=1S/C21H29N5O2.2ClH/c1-14-7-10-26(13-17-5-4-8-22-12-17)21(28)19(14)20(27)23-9-6-18-24-15(2)11-16(3)25-18;;/h7,10-11,17,22H,4-6,8-9,12-13H2,1-3H3,(H,23,27);2*1H. The van der Waals surface area contributed by atoms with Crippen LogP contribution in [0.25, 0.3) is 0 Å². The zero-order chi connectivity index (χ0) is 20.1. The Hall–Kier alpha value is -1.96. The third kappa shape index (κ3) is 6.79. The molecule has 0 saturated carbocycles. The van der Waals surface area contributed by atoms with Crippen molar-refractivity contribution in [2.45, 2.75) is 46.6 Å². The number of carbonyl (C=O) groups excluding carboxylic acids is 1. The normalized spacial score (nSPS) is 15.6. The van der Waals surface area contributed by atoms with Gasteiger partial charge in [-0.2, -0.15) is 0 Å². The molecule has 2 N–H and O–H groups in total. The van der Waals surface area contributed by atoms with Crippen LogP contribution >= 0.6 is 24.8 Å². The fraction of sp³-hybridized carbons (Fsp3) is 0.524. The van der Waals surface area contributed by atoms with Gasteiger partial charge in [-0.3, -0.25) is 9.59 Å². The van der Waals surface area contributed by atoms with E-state index in [1.165, 1.54) is 0 Å². The number of halogens is 2. The molecule has 166 valence electrons. The van der Waals surface area contributed by atoms with E-state index in [0.29, 0.717) is 36.8 Å². The summed E-state index contributed by atoms with van der Waals surface area (Å²) in [5, 5.41) is 6.22. The van der Waals surface area contributed by atoms with Crippen LogP contribution in [0, 0.1) is 26.7 Å². The first-order valence-corrected chi connectivity index (χ1v) is 9.94. The van der Waals surface area contributed by atoms with Gasteiger partial charge < -0.3 is 15.2 Å². The molecule has 0 bridgehead atoms. The van der Waals surface area contributed by atoms with Gasteiger partial charge in [0, 0.05) is 37.1 Å². The first-order chi connectivity index (χ1) is 13.4. The third-order valence-electron chi connectivity index (χ3n) is 5.12. The number of amides is 1. The molecule has 1 aliphatic rings. The summed E-state index contributed by atoms with van der Waals surface area (Å²) in [5.41, 5.74) is 2.53. The summed E-state index contributed by atoms with van der Waals surface area (Å²) in [7, 11) is 0. The number of hydrogen-bond donors (Lipinski definition) is 2. The number of nitrogens with one attached hydrogen (secondary N) is 2. The molecule has 1 atom stereocenters. The number of carbonyl (C=O) groups is 1. The molecule has 1 unspecified atom stereocenters. The highest BCUT2D eigenvalue weighted by molar-refractivity contribution is 5.95. The van der Waals surface area contributed by atoms with Crippen molar-refractivity contribution in [3.05, 3.63) is 57.0 Å². The molecule has 3 rings (SSSR count). The van der Waals surface area contributed by atoms with E-state index in [1.807, 2.05) is 26.0 Å². The van der Waals surface area contributed by atoms with Crippen LogP contribution in [-0.2, 0) is 13.0 Å². The topological polar surface area (TPSA) is 88.9 Å². The zero-order valence-electron chi connectivity index (χ0n) is 17.7. The van der Waals surface area contributed by atoms with Crippen molar-refractivity contribution in [1.82, 2.24) is 25.2 Å². The number of pyridine rings is 1. The van der Waals surface area contributed by atoms with E-state index in [2.05, 4.69) is 20.6 Å². The third-order valence-corrected chi connectivity index (χ3v) is 5.12. The van der Waals surface area contributed by atoms with E-state index in [4.69, 9.17) is 0 Å². The molecule has 1 fully saturated rings. The minimum atomic E-state index is -0.331. The van der Waals surface area contributed by atoms with E-state index >= 15 is 0 Å². The Labute approximate surface area is 189 Å². The molecule has 30 heavy (non-hydrogen) atoms. The summed E-state index contributed by atoms with van der Waals surface area (Å²) in [6.07, 6.45) is 4.55. The van der Waals surface area contributed by atoms with Crippen molar-refractivity contribution in [2.24, 2.45) is 5.92 Å². The number of piperidine rings is 1. The molecular weight excluding hydrogens is 425 g/mol. The van der Waals surface area contributed by atoms with Crippen molar-refractivity contribution in [3.63, 3.8) is 0 Å². The maximum Gasteiger partial charge on any atom is 0.263 e. The average Bonchev–Trinajstić information content (AvgIpc) is 2.64. The smallest absolute Gasteiger partial charge is 0.263 e. The van der Waals surface area contributed by atoms with Crippen LogP contribution in [0.5, 0.6) is 0 Å². The lowest BCUT2D eigenvalue weighted by molar-refractivity contribution is 0.0951. The Morgan fingerprint density at radius 1 is 1.23 bits per heavy atom. The Balaban J connectivity index is 0.00000225. The SMILES string of the molecule is Cc1cc(C)nc(CCNC(=O)c2c(C)ccn(CC3CCCNC3)c2=O)n1.Cl.Cl. The summed E-state index contributed by atoms with van der Waals surface area (Å²) in [5.74, 6) is 0.791. The van der Waals surface area contributed by atoms with Crippen molar-refractivity contribution in [3.8, 4) is 0 Å². The van der Waals surface area contributed by atoms with Crippen molar-refractivity contribution >= 4 is 30.7 Å². The van der Waals surface area contributed by atoms with Crippen LogP contribution < -0.4 is 16.2 Å². The Bertz CT molecular complexity index is 891. The van der Waals surface area contributed by atoms with E-state index in [1.54, 1.807) is 17.7 Å². The monoisotopic (exact) mass is 455 g/mol. The molecule has 1 aliphatic heterocycles. The van der Waals surface area contributed by atoms with Gasteiger partial charge in [0.2, 0.25) is 0 Å². The predicted molar refractivity (Wildman–Crippen MR) is 123 cm³/mol. The predicted octanol–water partition coefficient (Wildman–Crippen LogP) is 2.38. The lowest BCUT2D eigenvalue weighted by atomic mass is 9.99. The molecule has 3 heterocycles. The summed E-state index contributed by atoms with van der Waals surface area (Å²) in [6, 6.07) is 3.76. The summed E-state index contributed by atoms with van der Waals surface area (Å²) in [6.45, 7) is 8.64. The Kier molecular flexibility index (Phi) is 10.5. The van der Waals surface area contributed by atoms with Gasteiger partial charge in [-0.1, -0.05) is 0 Å². The highest BCUT2D eigenvalue weighted by Gasteiger charge is 2.19. The van der Waals surface area contributed by atoms with E-state index in [0.717, 1.165) is 37.3 Å². The van der Waals surface area contributed by atoms with E-state index in [9.17, 15) is 9.59 Å². The van der Waals surface area contributed by atoms with Gasteiger partial charge in [0.25, 0.3) is 11.5 Å². The van der Waals surface area contributed by atoms with Crippen LogP contribution in [-0.4, -0.2) is 40.1 Å². The van der Waals surface area contributed by atoms with Crippen molar-refractivity contribution < 1.29 is 4.79 Å². The van der Waals surface area contributed by atoms with Gasteiger partial charge in [0.1, 0.15) is 11.4 Å². The van der Waals surface area contributed by atoms with Crippen molar-refractivity contribution in [2.75, 3.05) is 19.6 Å². The van der Waals surface area contributed by atoms with Gasteiger partial charge in [0.05, 0.1) is 0 Å². The van der Waals surface area contributed by atoms with Crippen LogP contribution in [0.1, 0.15) is 46.0 Å². The largest absolute Gasteiger partial charge is 0.351 e. The fourth-order valence-electron chi connectivity index (χ4n) is 3.73. The molecule has 7 nitrogen and oxygen atoms in total. The second-order valence-electron chi connectivity index (χ2n) is 7.62. The van der Waals surface area contributed by atoms with Gasteiger partial charge in [-0.25, -0.2) is 9.97 Å². The van der Waals surface area contributed by atoms with Crippen LogP contribution in [0.15, 0.2) is 23.1 Å². The quantitative estimate of drug-likeness (QED) is 0.697. The zero-order valence-corrected chi connectivity index (χ0v) is 19.4. The van der Waals surface area contributed by atoms with Gasteiger partial charge in [0.15, 0.2) is 0 Å². The van der Waals surface area contributed by atoms with E-state index in [-0.39, 0.29) is 41.8 Å². The molecule has 0 aromatic carbocycles. The van der Waals surface area contributed by atoms with Crippen LogP contribution in [0.4, 0.5) is 0 Å². The minimum absolute atomic E-state index is 0. The number of nitrogens with zero attached hydrogens (tertiary/aromatic N) is 3. The fourth-order valence-corrected chi connectivity index (χ4v) is 3.73. The molecule has 1 saturated heterocycles. The summed E-state index contributed by atoms with van der Waals surface area (Å²) >= 11 is 0. The molecule has 0 spiro atoms. The summed E-state index contributed by atoms with van der Waals surface area (Å²) in [4.78, 5) is 34.3. The first kappa shape index (κ1) is 26.1. The highest BCUT2D eigenvalue weighted by Crippen LogP contribution is 2.12. The average molecular weight is 456 g/mol. The number of aryl methyl sites for hydroxylation is 3. The summed E-state index contributed by atoms with van der Waals surface area (Å²) < 4.78 is 1.67. The second kappa shape index (κ2) is 12.0. The second-order valence-corrected chi connectivity index (χ2v) is 7.62. The molecule has 0 aliphatic carbocycles. The van der Waals surface area contributed by atoms with Crippen LogP contribution in [0.3, 0.4) is 0 Å². The molecular formula is C21H31Cl2N5O2. The molecule has 2 aromatic rings. The van der Waals surface area contributed by atoms with E-state index < -0.39 is 0 Å². The molecule has 2 aromatic heterocycles. The first-order valence-electron chi connectivity index (χ1n) is 9.94. The lowest BCUT2D eigenvalue weighted by Gasteiger charge is -2.23. The number of aromatic nitrogens is 3. The number of rotatable bonds is 6. The highest BCUT2D eigenvalue weighted by atomic mass is 35.5. The van der Waals surface area contributed by atoms with Crippen LogP contribution in [0.2, 0.25) is 0 Å². The lowest BCUT2D eigenvalue weighted by Crippen LogP contribution is -2.38. The number of hydrogen-bond acceptors (Lipinski definition) is 5. The minimum Gasteiger partial charge on any atom is -0.351 e. The van der Waals surface area contributed by atoms with Gasteiger partial charge >= 0.3 is 0 Å². The Morgan fingerprint density at radius 2 is 1.93 bits per heavy atom. The molecule has 9 heteroatoms. The van der Waals surface area contributed by atoms with Gasteiger partial charge in [-0.15, -0.1) is 24.8 Å². The van der Waals surface area contributed by atoms with Crippen molar-refractivity contribution in [1.29, 1.82) is 0 Å². The molecule has 1 amide bonds. The Morgan fingerprint density at radius 3 is 2.57 bits per heavy atom. The maximum absolute atomic E-state index is 12.9. The molecule has 0 radical (unpaired) electrons.